The zero-order chi connectivity index (χ0) is 22.7. The van der Waals surface area contributed by atoms with Gasteiger partial charge < -0.3 is 9.88 Å². The minimum Gasteiger partial charge on any atom is -0.348 e. The maximum Gasteiger partial charge on any atom is 0.262 e. The summed E-state index contributed by atoms with van der Waals surface area (Å²) < 4.78 is 3.30. The van der Waals surface area contributed by atoms with Crippen LogP contribution in [-0.4, -0.2) is 16.5 Å². The number of nitrogens with one attached hydrogen (secondary N) is 1. The number of nitriles is 1. The van der Waals surface area contributed by atoms with Crippen LogP contribution < -0.4 is 5.32 Å². The van der Waals surface area contributed by atoms with Crippen LogP contribution in [0.25, 0.3) is 17.0 Å². The number of benzene rings is 2. The average Bonchev–Trinajstić information content (AvgIpc) is 3.06. The molecular formula is C27H28BrN3O. The molecule has 0 radical (unpaired) electrons. The molecule has 1 amide bonds. The highest BCUT2D eigenvalue weighted by atomic mass is 79.9. The van der Waals surface area contributed by atoms with Gasteiger partial charge in [0.25, 0.3) is 5.91 Å². The first kappa shape index (κ1) is 22.4. The summed E-state index contributed by atoms with van der Waals surface area (Å²) in [7, 11) is 0. The number of carbonyl (C=O) groups is 1. The van der Waals surface area contributed by atoms with Gasteiger partial charge in [-0.05, 0) is 55.5 Å². The third-order valence-corrected chi connectivity index (χ3v) is 7.14. The van der Waals surface area contributed by atoms with E-state index in [-0.39, 0.29) is 17.5 Å². The van der Waals surface area contributed by atoms with Crippen LogP contribution in [-0.2, 0) is 11.3 Å². The quantitative estimate of drug-likeness (QED) is 0.334. The minimum atomic E-state index is -0.268. The Morgan fingerprint density at radius 2 is 1.91 bits per heavy atom. The molecule has 164 valence electrons. The Labute approximate surface area is 198 Å². The van der Waals surface area contributed by atoms with Crippen LogP contribution >= 0.6 is 15.9 Å². The van der Waals surface area contributed by atoms with Gasteiger partial charge in [0.2, 0.25) is 0 Å². The van der Waals surface area contributed by atoms with Gasteiger partial charge >= 0.3 is 0 Å². The number of carbonyl (C=O) groups excluding carboxylic acids is 1. The molecule has 32 heavy (non-hydrogen) atoms. The smallest absolute Gasteiger partial charge is 0.262 e. The number of aromatic nitrogens is 1. The van der Waals surface area contributed by atoms with E-state index in [9.17, 15) is 10.1 Å². The number of para-hydroxylation sites is 1. The fourth-order valence-electron chi connectivity index (χ4n) is 4.69. The summed E-state index contributed by atoms with van der Waals surface area (Å²) in [5, 5.41) is 14.0. The van der Waals surface area contributed by atoms with Gasteiger partial charge in [0.15, 0.2) is 0 Å². The molecule has 1 aromatic heterocycles. The predicted octanol–water partition coefficient (Wildman–Crippen LogP) is 6.36. The SMILES string of the molecule is Cc1c(/C=C(\C#N)C(=O)N[C@H]2CCCC[C@H]2C)c2ccccc2n1Cc1ccc(Br)cc1. The van der Waals surface area contributed by atoms with Crippen molar-refractivity contribution in [3.8, 4) is 6.07 Å². The highest BCUT2D eigenvalue weighted by Gasteiger charge is 2.24. The van der Waals surface area contributed by atoms with E-state index in [2.05, 4.69) is 70.0 Å². The fourth-order valence-corrected chi connectivity index (χ4v) is 4.95. The second-order valence-electron chi connectivity index (χ2n) is 8.74. The summed E-state index contributed by atoms with van der Waals surface area (Å²) in [4.78, 5) is 13.0. The third-order valence-electron chi connectivity index (χ3n) is 6.62. The van der Waals surface area contributed by atoms with Gasteiger partial charge in [0, 0.05) is 39.2 Å². The summed E-state index contributed by atoms with van der Waals surface area (Å²) in [6, 6.07) is 18.8. The lowest BCUT2D eigenvalue weighted by molar-refractivity contribution is -0.118. The number of amides is 1. The van der Waals surface area contributed by atoms with Crippen LogP contribution in [0, 0.1) is 24.2 Å². The zero-order valence-corrected chi connectivity index (χ0v) is 20.2. The third kappa shape index (κ3) is 4.66. The van der Waals surface area contributed by atoms with Crippen LogP contribution in [0.3, 0.4) is 0 Å². The van der Waals surface area contributed by atoms with Gasteiger partial charge in [-0.15, -0.1) is 0 Å². The lowest BCUT2D eigenvalue weighted by Crippen LogP contribution is -2.41. The molecule has 1 saturated carbocycles. The molecule has 0 spiro atoms. The molecule has 5 heteroatoms. The summed E-state index contributed by atoms with van der Waals surface area (Å²) in [5.74, 6) is 0.178. The first-order valence-electron chi connectivity index (χ1n) is 11.2. The van der Waals surface area contributed by atoms with Crippen molar-refractivity contribution < 1.29 is 4.79 Å². The molecule has 1 fully saturated rings. The van der Waals surface area contributed by atoms with Gasteiger partial charge in [-0.1, -0.05) is 66.0 Å². The minimum absolute atomic E-state index is 0.146. The highest BCUT2D eigenvalue weighted by Crippen LogP contribution is 2.29. The highest BCUT2D eigenvalue weighted by molar-refractivity contribution is 9.10. The first-order chi connectivity index (χ1) is 15.5. The topological polar surface area (TPSA) is 57.8 Å². The molecule has 2 aromatic carbocycles. The normalized spacial score (nSPS) is 19.0. The first-order valence-corrected chi connectivity index (χ1v) is 12.0. The summed E-state index contributed by atoms with van der Waals surface area (Å²) in [6.07, 6.45) is 6.21. The van der Waals surface area contributed by atoms with Gasteiger partial charge in [0.05, 0.1) is 0 Å². The van der Waals surface area contributed by atoms with Crippen molar-refractivity contribution in [2.75, 3.05) is 0 Å². The van der Waals surface area contributed by atoms with Crippen LogP contribution in [0.2, 0.25) is 0 Å². The Morgan fingerprint density at radius 3 is 2.62 bits per heavy atom. The standard InChI is InChI=1S/C27H28BrN3O/c1-18-7-3-5-9-25(18)30-27(32)21(16-29)15-24-19(2)31(26-10-6-4-8-23(24)26)17-20-11-13-22(28)14-12-20/h4,6,8,10-15,18,25H,3,5,7,9,17H2,1-2H3,(H,30,32)/b21-15+/t18-,25+/m1/s1. The zero-order valence-electron chi connectivity index (χ0n) is 18.6. The van der Waals surface area contributed by atoms with Crippen LogP contribution in [0.5, 0.6) is 0 Å². The van der Waals surface area contributed by atoms with E-state index < -0.39 is 0 Å². The Balaban J connectivity index is 1.69. The van der Waals surface area contributed by atoms with E-state index in [1.807, 2.05) is 24.3 Å². The number of nitrogens with zero attached hydrogens (tertiary/aromatic N) is 2. The van der Waals surface area contributed by atoms with Gasteiger partial charge in [-0.2, -0.15) is 5.26 Å². The summed E-state index contributed by atoms with van der Waals surface area (Å²) in [5.41, 5.74) is 4.43. The molecule has 0 unspecified atom stereocenters. The maximum absolute atomic E-state index is 13.0. The molecule has 0 bridgehead atoms. The van der Waals surface area contributed by atoms with Crippen molar-refractivity contribution in [3.63, 3.8) is 0 Å². The van der Waals surface area contributed by atoms with E-state index in [1.54, 1.807) is 6.08 Å². The monoisotopic (exact) mass is 489 g/mol. The fraction of sp³-hybridized carbons (Fsp3) is 0.333. The lowest BCUT2D eigenvalue weighted by atomic mass is 9.86. The number of fused-ring (bicyclic) bond motifs is 1. The van der Waals surface area contributed by atoms with Crippen molar-refractivity contribution in [1.29, 1.82) is 5.26 Å². The molecule has 3 aromatic rings. The second-order valence-corrected chi connectivity index (χ2v) is 9.66. The Kier molecular flexibility index (Phi) is 6.81. The Morgan fingerprint density at radius 1 is 1.19 bits per heavy atom. The molecule has 1 N–H and O–H groups in total. The van der Waals surface area contributed by atoms with Crippen molar-refractivity contribution in [2.24, 2.45) is 5.92 Å². The predicted molar refractivity (Wildman–Crippen MR) is 133 cm³/mol. The van der Waals surface area contributed by atoms with Crippen molar-refractivity contribution in [2.45, 2.75) is 52.1 Å². The van der Waals surface area contributed by atoms with Gasteiger partial charge in [-0.3, -0.25) is 4.79 Å². The van der Waals surface area contributed by atoms with Crippen LogP contribution in [0.1, 0.15) is 49.4 Å². The molecule has 1 heterocycles. The van der Waals surface area contributed by atoms with Crippen LogP contribution in [0.4, 0.5) is 0 Å². The molecule has 4 nitrogen and oxygen atoms in total. The largest absolute Gasteiger partial charge is 0.348 e. The molecule has 1 aliphatic rings. The van der Waals surface area contributed by atoms with E-state index >= 15 is 0 Å². The summed E-state index contributed by atoms with van der Waals surface area (Å²) in [6.45, 7) is 4.96. The number of hydrogen-bond acceptors (Lipinski definition) is 2. The Bertz CT molecular complexity index is 1200. The molecule has 0 saturated heterocycles. The van der Waals surface area contributed by atoms with E-state index in [4.69, 9.17) is 0 Å². The molecule has 0 aliphatic heterocycles. The van der Waals surface area contributed by atoms with Gasteiger partial charge in [-0.25, -0.2) is 0 Å². The van der Waals surface area contributed by atoms with E-state index in [1.165, 1.54) is 12.0 Å². The number of hydrogen-bond donors (Lipinski definition) is 1. The average molecular weight is 490 g/mol. The van der Waals surface area contributed by atoms with Crippen molar-refractivity contribution >= 4 is 38.8 Å². The molecule has 2 atom stereocenters. The molecule has 1 aliphatic carbocycles. The molecule has 4 rings (SSSR count). The Hall–Kier alpha value is -2.84. The number of rotatable bonds is 5. The second kappa shape index (κ2) is 9.75. The van der Waals surface area contributed by atoms with Crippen molar-refractivity contribution in [1.82, 2.24) is 9.88 Å². The van der Waals surface area contributed by atoms with Gasteiger partial charge in [0.1, 0.15) is 11.6 Å². The van der Waals surface area contributed by atoms with Crippen LogP contribution in [0.15, 0.2) is 58.6 Å². The maximum atomic E-state index is 13.0. The molecular weight excluding hydrogens is 462 g/mol. The number of halogens is 1. The lowest BCUT2D eigenvalue weighted by Gasteiger charge is -2.29. The van der Waals surface area contributed by atoms with Crippen molar-refractivity contribution in [3.05, 3.63) is 75.4 Å². The summed E-state index contributed by atoms with van der Waals surface area (Å²) >= 11 is 3.49. The van der Waals surface area contributed by atoms with E-state index in [0.717, 1.165) is 52.4 Å². The van der Waals surface area contributed by atoms with E-state index in [0.29, 0.717) is 5.92 Å².